The van der Waals surface area contributed by atoms with Crippen molar-refractivity contribution in [1.29, 1.82) is 0 Å². The normalized spacial score (nSPS) is 9.67. The molecule has 6 heteroatoms. The van der Waals surface area contributed by atoms with Gasteiger partial charge < -0.3 is 10.1 Å². The van der Waals surface area contributed by atoms with Gasteiger partial charge in [-0.3, -0.25) is 9.78 Å². The van der Waals surface area contributed by atoms with E-state index in [4.69, 9.17) is 17.3 Å². The molecule has 0 bridgehead atoms. The fraction of sp³-hybridized carbons (Fsp3) is 0.167. The topological polar surface area (TPSA) is 85.9 Å². The summed E-state index contributed by atoms with van der Waals surface area (Å²) >= 11 is 4.72. The molecular formula is C6H6N2O3S. The molecule has 0 radical (unpaired) electrons. The second-order valence-electron chi connectivity index (χ2n) is 2.17. The Morgan fingerprint density at radius 3 is 2.83 bits per heavy atom. The van der Waals surface area contributed by atoms with E-state index in [2.05, 4.69) is 9.97 Å². The van der Waals surface area contributed by atoms with E-state index >= 15 is 0 Å². The number of H-pyrrole nitrogens is 2. The van der Waals surface area contributed by atoms with Crippen molar-refractivity contribution in [3.63, 3.8) is 0 Å². The lowest BCUT2D eigenvalue weighted by Gasteiger charge is -1.94. The van der Waals surface area contributed by atoms with Gasteiger partial charge in [0.05, 0.1) is 6.42 Å². The van der Waals surface area contributed by atoms with Crippen molar-refractivity contribution in [1.82, 2.24) is 9.97 Å². The van der Waals surface area contributed by atoms with Crippen LogP contribution in [0.4, 0.5) is 0 Å². The zero-order valence-corrected chi connectivity index (χ0v) is 6.77. The number of carbonyl (C=O) groups is 1. The summed E-state index contributed by atoms with van der Waals surface area (Å²) in [4.78, 5) is 25.4. The van der Waals surface area contributed by atoms with Gasteiger partial charge in [0, 0.05) is 11.8 Å². The third-order valence-electron chi connectivity index (χ3n) is 1.24. The number of aliphatic carboxylic acids is 1. The van der Waals surface area contributed by atoms with Gasteiger partial charge in [0.2, 0.25) is 0 Å². The van der Waals surface area contributed by atoms with Crippen LogP contribution in [0.5, 0.6) is 0 Å². The van der Waals surface area contributed by atoms with Gasteiger partial charge >= 0.3 is 11.7 Å². The molecule has 0 atom stereocenters. The molecule has 1 heterocycles. The molecule has 1 aromatic rings. The summed E-state index contributed by atoms with van der Waals surface area (Å²) in [5.74, 6) is -0.985. The molecule has 0 saturated carbocycles. The Morgan fingerprint density at radius 1 is 1.67 bits per heavy atom. The van der Waals surface area contributed by atoms with E-state index in [-0.39, 0.29) is 11.1 Å². The van der Waals surface area contributed by atoms with E-state index in [1.807, 2.05) is 0 Å². The molecular weight excluding hydrogens is 180 g/mol. The number of aromatic nitrogens is 2. The summed E-state index contributed by atoms with van der Waals surface area (Å²) in [6.07, 6.45) is 1.11. The highest BCUT2D eigenvalue weighted by Gasteiger charge is 2.01. The highest BCUT2D eigenvalue weighted by atomic mass is 32.1. The average molecular weight is 186 g/mol. The van der Waals surface area contributed by atoms with E-state index in [0.717, 1.165) is 0 Å². The Bertz CT molecular complexity index is 406. The maximum absolute atomic E-state index is 10.6. The summed E-state index contributed by atoms with van der Waals surface area (Å²) in [5.41, 5.74) is -0.0359. The lowest BCUT2D eigenvalue weighted by molar-refractivity contribution is -0.136. The molecule has 3 N–H and O–H groups in total. The minimum absolute atomic E-state index is 0.168. The van der Waals surface area contributed by atoms with Crippen LogP contribution in [-0.4, -0.2) is 21.0 Å². The third-order valence-corrected chi connectivity index (χ3v) is 1.60. The molecule has 64 valence electrons. The summed E-state index contributed by atoms with van der Waals surface area (Å²) in [6, 6.07) is 0. The number of hydrogen-bond donors (Lipinski definition) is 3. The molecule has 1 rings (SSSR count). The van der Waals surface area contributed by atoms with Crippen LogP contribution in [0.3, 0.4) is 0 Å². The van der Waals surface area contributed by atoms with Crippen molar-refractivity contribution in [3.05, 3.63) is 26.9 Å². The Morgan fingerprint density at radius 2 is 2.33 bits per heavy atom. The smallest absolute Gasteiger partial charge is 0.323 e. The second-order valence-corrected chi connectivity index (χ2v) is 2.58. The summed E-state index contributed by atoms with van der Waals surface area (Å²) in [6.45, 7) is 0. The summed E-state index contributed by atoms with van der Waals surface area (Å²) in [7, 11) is 0. The molecule has 1 aromatic heterocycles. The largest absolute Gasteiger partial charge is 0.481 e. The molecule has 0 amide bonds. The predicted octanol–water partition coefficient (Wildman–Crippen LogP) is 0.0596. The van der Waals surface area contributed by atoms with Crippen molar-refractivity contribution in [3.8, 4) is 0 Å². The molecule has 0 aromatic carbocycles. The minimum atomic E-state index is -0.985. The maximum atomic E-state index is 10.6. The molecule has 12 heavy (non-hydrogen) atoms. The van der Waals surface area contributed by atoms with Gasteiger partial charge in [-0.2, -0.15) is 0 Å². The highest BCUT2D eigenvalue weighted by molar-refractivity contribution is 7.71. The SMILES string of the molecule is O=C(O)Cc1c[nH]c(=O)[nH]c1=S. The number of carboxylic acid groups (broad SMARTS) is 1. The Balaban J connectivity index is 3.10. The predicted molar refractivity (Wildman–Crippen MR) is 43.6 cm³/mol. The van der Waals surface area contributed by atoms with Crippen LogP contribution >= 0.6 is 12.2 Å². The third kappa shape index (κ3) is 2.03. The average Bonchev–Trinajstić information content (AvgIpc) is 1.94. The van der Waals surface area contributed by atoms with E-state index in [1.54, 1.807) is 0 Å². The van der Waals surface area contributed by atoms with E-state index in [1.165, 1.54) is 6.20 Å². The number of aromatic amines is 2. The van der Waals surface area contributed by atoms with Crippen LogP contribution in [0.25, 0.3) is 0 Å². The first kappa shape index (κ1) is 8.66. The molecule has 5 nitrogen and oxygen atoms in total. The zero-order valence-electron chi connectivity index (χ0n) is 5.96. The van der Waals surface area contributed by atoms with Crippen LogP contribution in [-0.2, 0) is 11.2 Å². The van der Waals surface area contributed by atoms with E-state index in [0.29, 0.717) is 5.56 Å². The van der Waals surface area contributed by atoms with Crippen molar-refractivity contribution in [2.24, 2.45) is 0 Å². The van der Waals surface area contributed by atoms with E-state index < -0.39 is 11.7 Å². The molecule has 0 saturated heterocycles. The van der Waals surface area contributed by atoms with Crippen molar-refractivity contribution in [2.45, 2.75) is 6.42 Å². The quantitative estimate of drug-likeness (QED) is 0.570. The fourth-order valence-corrected chi connectivity index (χ4v) is 0.956. The Labute approximate surface area is 72.1 Å². The first-order valence-corrected chi connectivity index (χ1v) is 3.53. The summed E-state index contributed by atoms with van der Waals surface area (Å²) in [5, 5.41) is 8.41. The van der Waals surface area contributed by atoms with Crippen molar-refractivity contribution < 1.29 is 9.90 Å². The van der Waals surface area contributed by atoms with Gasteiger partial charge in [-0.15, -0.1) is 0 Å². The lowest BCUT2D eigenvalue weighted by atomic mass is 10.2. The number of carboxylic acids is 1. The zero-order chi connectivity index (χ0) is 9.14. The second kappa shape index (κ2) is 3.31. The molecule has 0 spiro atoms. The standard InChI is InChI=1S/C6H6N2O3S/c9-4(10)1-3-2-7-6(11)8-5(3)12/h2H,1H2,(H,9,10)(H2,7,8,11,12). The summed E-state index contributed by atoms with van der Waals surface area (Å²) < 4.78 is 0.168. The van der Waals surface area contributed by atoms with Crippen molar-refractivity contribution in [2.75, 3.05) is 0 Å². The molecule has 0 aliphatic carbocycles. The van der Waals surface area contributed by atoms with E-state index in [9.17, 15) is 9.59 Å². The van der Waals surface area contributed by atoms with Crippen LogP contribution in [0.2, 0.25) is 0 Å². The van der Waals surface area contributed by atoms with Crippen LogP contribution in [0.1, 0.15) is 5.56 Å². The van der Waals surface area contributed by atoms with Crippen LogP contribution < -0.4 is 5.69 Å². The first-order chi connectivity index (χ1) is 5.59. The van der Waals surface area contributed by atoms with Crippen LogP contribution in [0, 0.1) is 4.64 Å². The minimum Gasteiger partial charge on any atom is -0.481 e. The Hall–Kier alpha value is -1.43. The van der Waals surface area contributed by atoms with Gasteiger partial charge in [0.25, 0.3) is 0 Å². The van der Waals surface area contributed by atoms with Gasteiger partial charge in [-0.05, 0) is 0 Å². The molecule has 0 unspecified atom stereocenters. The highest BCUT2D eigenvalue weighted by Crippen LogP contribution is 1.96. The van der Waals surface area contributed by atoms with Gasteiger partial charge in [-0.1, -0.05) is 12.2 Å². The first-order valence-electron chi connectivity index (χ1n) is 3.12. The van der Waals surface area contributed by atoms with Gasteiger partial charge in [0.1, 0.15) is 4.64 Å². The Kier molecular flexibility index (Phi) is 2.39. The number of hydrogen-bond acceptors (Lipinski definition) is 3. The fourth-order valence-electron chi connectivity index (χ4n) is 0.732. The van der Waals surface area contributed by atoms with Gasteiger partial charge in [-0.25, -0.2) is 4.79 Å². The lowest BCUT2D eigenvalue weighted by Crippen LogP contribution is -2.12. The van der Waals surface area contributed by atoms with Crippen LogP contribution in [0.15, 0.2) is 11.0 Å². The van der Waals surface area contributed by atoms with Crippen molar-refractivity contribution >= 4 is 18.2 Å². The molecule has 0 fully saturated rings. The van der Waals surface area contributed by atoms with Gasteiger partial charge in [0.15, 0.2) is 0 Å². The molecule has 0 aliphatic heterocycles. The molecule has 0 aliphatic rings. The monoisotopic (exact) mass is 186 g/mol. The maximum Gasteiger partial charge on any atom is 0.323 e. The number of rotatable bonds is 2. The number of nitrogens with one attached hydrogen (secondary N) is 2.